The first-order chi connectivity index (χ1) is 19.2. The Labute approximate surface area is 238 Å². The Kier molecular flexibility index (Phi) is 7.73. The first-order valence-electron chi connectivity index (χ1n) is 13.0. The number of hydrogen-bond acceptors (Lipinski definition) is 7. The van der Waals surface area contributed by atoms with Gasteiger partial charge in [-0.05, 0) is 80.6 Å². The SMILES string of the molecule is CCCC1=C(C(=O)OCC)[C@H](c2cccs2)n2c(s/c(=C\c3cc(C)n(-c4ccc(C(=O)O)cc4)c3C)c2=O)=N1. The minimum absolute atomic E-state index is 0.213. The highest BCUT2D eigenvalue weighted by Crippen LogP contribution is 2.34. The first kappa shape index (κ1) is 27.5. The number of carboxylic acid groups (broad SMARTS) is 1. The second-order valence-corrected chi connectivity index (χ2v) is 11.4. The van der Waals surface area contributed by atoms with E-state index in [1.54, 1.807) is 35.8 Å². The van der Waals surface area contributed by atoms with E-state index in [9.17, 15) is 19.5 Å². The highest BCUT2D eigenvalue weighted by Gasteiger charge is 2.34. The van der Waals surface area contributed by atoms with Crippen molar-refractivity contribution in [2.75, 3.05) is 6.61 Å². The third-order valence-corrected chi connectivity index (χ3v) is 8.74. The maximum Gasteiger partial charge on any atom is 0.338 e. The van der Waals surface area contributed by atoms with Crippen molar-refractivity contribution in [3.05, 3.63) is 106 Å². The minimum atomic E-state index is -0.974. The zero-order chi connectivity index (χ0) is 28.6. The van der Waals surface area contributed by atoms with Gasteiger partial charge in [-0.15, -0.1) is 11.3 Å². The Hall–Kier alpha value is -4.02. The van der Waals surface area contributed by atoms with E-state index < -0.39 is 18.0 Å². The van der Waals surface area contributed by atoms with E-state index in [1.165, 1.54) is 22.7 Å². The Morgan fingerprint density at radius 2 is 1.90 bits per heavy atom. The van der Waals surface area contributed by atoms with Crippen molar-refractivity contribution in [3.63, 3.8) is 0 Å². The van der Waals surface area contributed by atoms with Crippen LogP contribution in [0.15, 0.2) is 68.9 Å². The van der Waals surface area contributed by atoms with Gasteiger partial charge in [0.25, 0.3) is 5.56 Å². The second kappa shape index (κ2) is 11.2. The summed E-state index contributed by atoms with van der Waals surface area (Å²) in [5.41, 5.74) is 4.67. The molecule has 0 unspecified atom stereocenters. The molecule has 0 saturated heterocycles. The number of esters is 1. The van der Waals surface area contributed by atoms with Gasteiger partial charge >= 0.3 is 11.9 Å². The molecule has 0 saturated carbocycles. The van der Waals surface area contributed by atoms with Crippen LogP contribution >= 0.6 is 22.7 Å². The maximum atomic E-state index is 13.9. The number of aromatic nitrogens is 2. The van der Waals surface area contributed by atoms with Crippen LogP contribution in [0.1, 0.15) is 64.9 Å². The predicted molar refractivity (Wildman–Crippen MR) is 156 cm³/mol. The molecule has 1 N–H and O–H groups in total. The zero-order valence-corrected chi connectivity index (χ0v) is 24.3. The summed E-state index contributed by atoms with van der Waals surface area (Å²) in [6.07, 6.45) is 3.27. The summed E-state index contributed by atoms with van der Waals surface area (Å²) in [4.78, 5) is 44.7. The Morgan fingerprint density at radius 1 is 1.15 bits per heavy atom. The number of fused-ring (bicyclic) bond motifs is 1. The normalized spacial score (nSPS) is 15.2. The van der Waals surface area contributed by atoms with E-state index in [-0.39, 0.29) is 17.7 Å². The Bertz CT molecular complexity index is 1810. The largest absolute Gasteiger partial charge is 0.478 e. The Balaban J connectivity index is 1.66. The molecule has 1 aliphatic heterocycles. The molecular weight excluding hydrogens is 546 g/mol. The molecule has 10 heteroatoms. The van der Waals surface area contributed by atoms with Crippen LogP contribution in [0.3, 0.4) is 0 Å². The van der Waals surface area contributed by atoms with Crippen molar-refractivity contribution in [3.8, 4) is 5.69 Å². The van der Waals surface area contributed by atoms with Gasteiger partial charge in [0.1, 0.15) is 6.04 Å². The topological polar surface area (TPSA) is 103 Å². The molecule has 5 rings (SSSR count). The van der Waals surface area contributed by atoms with Crippen LogP contribution in [0.2, 0.25) is 0 Å². The zero-order valence-electron chi connectivity index (χ0n) is 22.6. The van der Waals surface area contributed by atoms with Gasteiger partial charge in [0.15, 0.2) is 4.80 Å². The van der Waals surface area contributed by atoms with Gasteiger partial charge in [-0.25, -0.2) is 14.6 Å². The average Bonchev–Trinajstić information content (AvgIpc) is 3.63. The molecular formula is C30H29N3O5S2. The number of carbonyl (C=O) groups excluding carboxylic acids is 1. The molecule has 8 nitrogen and oxygen atoms in total. The number of thiophene rings is 1. The van der Waals surface area contributed by atoms with Gasteiger partial charge in [0.05, 0.1) is 28.0 Å². The number of rotatable bonds is 8. The molecule has 0 aliphatic carbocycles. The lowest BCUT2D eigenvalue weighted by Crippen LogP contribution is -2.39. The summed E-state index contributed by atoms with van der Waals surface area (Å²) in [6, 6.07) is 11.9. The quantitative estimate of drug-likeness (QED) is 0.306. The molecule has 4 heterocycles. The maximum absolute atomic E-state index is 13.9. The molecule has 1 aromatic carbocycles. The summed E-state index contributed by atoms with van der Waals surface area (Å²) < 4.78 is 9.60. The summed E-state index contributed by atoms with van der Waals surface area (Å²) in [6.45, 7) is 7.97. The lowest BCUT2D eigenvalue weighted by atomic mass is 9.99. The number of aromatic carboxylic acids is 1. The predicted octanol–water partition coefficient (Wildman–Crippen LogP) is 4.75. The van der Waals surface area contributed by atoms with Crippen LogP contribution in [0.4, 0.5) is 0 Å². The molecule has 1 atom stereocenters. The van der Waals surface area contributed by atoms with E-state index >= 15 is 0 Å². The molecule has 206 valence electrons. The highest BCUT2D eigenvalue weighted by atomic mass is 32.1. The second-order valence-electron chi connectivity index (χ2n) is 9.44. The molecule has 0 radical (unpaired) electrons. The van der Waals surface area contributed by atoms with Crippen molar-refractivity contribution < 1.29 is 19.4 Å². The van der Waals surface area contributed by atoms with E-state index in [2.05, 4.69) is 0 Å². The van der Waals surface area contributed by atoms with Gasteiger partial charge in [-0.3, -0.25) is 9.36 Å². The molecule has 4 aromatic rings. The number of benzene rings is 1. The number of carboxylic acids is 1. The van der Waals surface area contributed by atoms with Crippen molar-refractivity contribution in [1.29, 1.82) is 0 Å². The van der Waals surface area contributed by atoms with Gasteiger partial charge in [-0.1, -0.05) is 30.7 Å². The van der Waals surface area contributed by atoms with Gasteiger partial charge in [0, 0.05) is 22.0 Å². The van der Waals surface area contributed by atoms with E-state index in [0.29, 0.717) is 27.0 Å². The van der Waals surface area contributed by atoms with Gasteiger partial charge < -0.3 is 14.4 Å². The molecule has 0 fully saturated rings. The van der Waals surface area contributed by atoms with Crippen LogP contribution in [0.25, 0.3) is 11.8 Å². The van der Waals surface area contributed by atoms with Gasteiger partial charge in [-0.2, -0.15) is 0 Å². The summed E-state index contributed by atoms with van der Waals surface area (Å²) in [5, 5.41) is 11.2. The summed E-state index contributed by atoms with van der Waals surface area (Å²) >= 11 is 2.80. The minimum Gasteiger partial charge on any atom is -0.478 e. The van der Waals surface area contributed by atoms with Crippen LogP contribution in [-0.2, 0) is 9.53 Å². The fourth-order valence-electron chi connectivity index (χ4n) is 5.06. The highest BCUT2D eigenvalue weighted by molar-refractivity contribution is 7.10. The fraction of sp³-hybridized carbons (Fsp3) is 0.267. The van der Waals surface area contributed by atoms with Crippen LogP contribution in [0, 0.1) is 13.8 Å². The number of nitrogens with zero attached hydrogens (tertiary/aromatic N) is 3. The third-order valence-electron chi connectivity index (χ3n) is 6.83. The molecule has 3 aromatic heterocycles. The Morgan fingerprint density at radius 3 is 2.52 bits per heavy atom. The fourth-order valence-corrected chi connectivity index (χ4v) is 6.90. The standard InChI is InChI=1S/C30H29N3O5S2/c1-5-8-22-25(29(37)38-6-2)26(23-9-7-14-39-23)33-27(34)24(40-30(33)31-22)16-20-15-17(3)32(18(20)4)21-12-10-19(11-13-21)28(35)36/h7,9-16,26H,5-6,8H2,1-4H3,(H,35,36)/b24-16-/t26-/m0/s1. The summed E-state index contributed by atoms with van der Waals surface area (Å²) in [7, 11) is 0. The molecule has 40 heavy (non-hydrogen) atoms. The van der Waals surface area contributed by atoms with Crippen LogP contribution < -0.4 is 14.9 Å². The lowest BCUT2D eigenvalue weighted by molar-refractivity contribution is -0.139. The molecule has 0 spiro atoms. The van der Waals surface area contributed by atoms with Gasteiger partial charge in [0.2, 0.25) is 0 Å². The molecule has 0 bridgehead atoms. The smallest absolute Gasteiger partial charge is 0.338 e. The van der Waals surface area contributed by atoms with Crippen molar-refractivity contribution in [1.82, 2.24) is 9.13 Å². The molecule has 1 aliphatic rings. The van der Waals surface area contributed by atoms with Crippen LogP contribution in [-0.4, -0.2) is 32.8 Å². The van der Waals surface area contributed by atoms with Crippen molar-refractivity contribution in [2.24, 2.45) is 4.99 Å². The van der Waals surface area contributed by atoms with E-state index in [1.807, 2.05) is 55.0 Å². The monoisotopic (exact) mass is 575 g/mol. The number of carbonyl (C=O) groups is 2. The number of aryl methyl sites for hydroxylation is 1. The number of allylic oxidation sites excluding steroid dienone is 1. The number of hydrogen-bond donors (Lipinski definition) is 1. The van der Waals surface area contributed by atoms with E-state index in [4.69, 9.17) is 9.73 Å². The van der Waals surface area contributed by atoms with E-state index in [0.717, 1.165) is 33.9 Å². The van der Waals surface area contributed by atoms with Crippen molar-refractivity contribution in [2.45, 2.75) is 46.6 Å². The third kappa shape index (κ3) is 4.89. The first-order valence-corrected chi connectivity index (χ1v) is 14.7. The number of ether oxygens (including phenoxy) is 1. The number of thiazole rings is 1. The van der Waals surface area contributed by atoms with Crippen molar-refractivity contribution >= 4 is 40.7 Å². The average molecular weight is 576 g/mol. The summed E-state index contributed by atoms with van der Waals surface area (Å²) in [5.74, 6) is -1.42. The lowest BCUT2D eigenvalue weighted by Gasteiger charge is -2.24. The van der Waals surface area contributed by atoms with Crippen LogP contribution in [0.5, 0.6) is 0 Å². The molecule has 0 amide bonds.